The van der Waals surface area contributed by atoms with Crippen LogP contribution in [-0.2, 0) is 4.79 Å². The Morgan fingerprint density at radius 2 is 1.83 bits per heavy atom. The van der Waals surface area contributed by atoms with Gasteiger partial charge >= 0.3 is 0 Å². The first-order chi connectivity index (χ1) is 2.91. The summed E-state index contributed by atoms with van der Waals surface area (Å²) in [5.74, 6) is 0. The Hall–Kier alpha value is -1.10. The van der Waals surface area contributed by atoms with E-state index in [9.17, 15) is 0 Å². The minimum Gasteiger partial charge on any atom is -0.299 e. The van der Waals surface area contributed by atoms with E-state index in [1.54, 1.807) is 0 Å². The van der Waals surface area contributed by atoms with Crippen LogP contribution in [0, 0.1) is 11.8 Å². The van der Waals surface area contributed by atoms with Crippen molar-refractivity contribution in [3.63, 3.8) is 0 Å². The zero-order chi connectivity index (χ0) is 5.41. The molecule has 0 bridgehead atoms. The largest absolute Gasteiger partial charge is 0.299 e. The third-order valence-corrected chi connectivity index (χ3v) is 0.0962. The molecule has 2 heteroatoms. The van der Waals surface area contributed by atoms with Gasteiger partial charge in [-0.15, -0.1) is 0 Å². The molecule has 0 heterocycles. The molecule has 0 aliphatic carbocycles. The normalized spacial score (nSPS) is 3.67. The third kappa shape index (κ3) is 1050. The summed E-state index contributed by atoms with van der Waals surface area (Å²) in [5.41, 5.74) is 0. The van der Waals surface area contributed by atoms with Crippen LogP contribution in [0.4, 0.5) is 0 Å². The van der Waals surface area contributed by atoms with Gasteiger partial charge in [-0.05, 0) is 6.08 Å². The van der Waals surface area contributed by atoms with Crippen LogP contribution in [0.3, 0.4) is 0 Å². The van der Waals surface area contributed by atoms with Crippen molar-refractivity contribution in [3.05, 3.63) is 12.7 Å². The number of nitrogens with zero attached hydrogens (tertiary/aromatic N) is 1. The molecule has 0 aromatic heterocycles. The molecule has 0 saturated heterocycles. The minimum atomic E-state index is 0.639. The van der Waals surface area contributed by atoms with Gasteiger partial charge in [0.25, 0.3) is 0 Å². The van der Waals surface area contributed by atoms with Crippen molar-refractivity contribution in [2.45, 2.75) is 0 Å². The van der Waals surface area contributed by atoms with Crippen molar-refractivity contribution in [3.8, 4) is 6.57 Å². The molecule has 0 rings (SSSR count). The molecule has 0 unspecified atom stereocenters. The summed E-state index contributed by atoms with van der Waals surface area (Å²) in [6.45, 7) is 6.61. The lowest BCUT2D eigenvalue weighted by atomic mass is 10.8. The maximum Gasteiger partial charge on any atom is 0.142 e. The Labute approximate surface area is 36.7 Å². The van der Waals surface area contributed by atoms with Crippen LogP contribution >= 0.6 is 0 Å². The van der Waals surface area contributed by atoms with Crippen molar-refractivity contribution in [1.82, 2.24) is 0 Å². The van der Waals surface area contributed by atoms with E-state index >= 15 is 0 Å². The van der Waals surface area contributed by atoms with Gasteiger partial charge in [-0.3, -0.25) is 4.79 Å². The van der Waals surface area contributed by atoms with Crippen molar-refractivity contribution >= 4 is 6.29 Å². The first-order valence-corrected chi connectivity index (χ1v) is 1.24. The fourth-order valence-corrected chi connectivity index (χ4v) is 0. The van der Waals surface area contributed by atoms with Gasteiger partial charge in [0, 0.05) is 6.57 Å². The van der Waals surface area contributed by atoms with Crippen LogP contribution in [-0.4, -0.2) is 6.29 Å². The fraction of sp³-hybridized carbons (Fsp3) is 0. The number of rotatable bonds is 1. The van der Waals surface area contributed by atoms with Gasteiger partial charge < -0.3 is 0 Å². The zero-order valence-electron chi connectivity index (χ0n) is 3.29. The Morgan fingerprint density at radius 1 is 1.67 bits per heavy atom. The number of carbonyl (C=O) groups is 1. The monoisotopic (exact) mass is 83.0 g/mol. The van der Waals surface area contributed by atoms with Crippen molar-refractivity contribution in [2.75, 3.05) is 0 Å². The van der Waals surface area contributed by atoms with Crippen molar-refractivity contribution in [2.24, 2.45) is 0 Å². The molecule has 0 fully saturated rings. The van der Waals surface area contributed by atoms with Crippen LogP contribution in [0.2, 0.25) is 0 Å². The molecular weight excluding hydrogens is 78.0 g/mol. The molecule has 32 valence electrons. The Morgan fingerprint density at radius 3 is 1.83 bits per heavy atom. The molecule has 2 nitrogen and oxygen atoms in total. The second-order valence-electron chi connectivity index (χ2n) is 0.372. The van der Waals surface area contributed by atoms with Crippen LogP contribution in [0.15, 0.2) is 12.7 Å². The molecule has 0 aliphatic rings. The predicted octanol–water partition coefficient (Wildman–Crippen LogP) is 0.511. The first-order valence-electron chi connectivity index (χ1n) is 1.24. The highest BCUT2D eigenvalue weighted by Gasteiger charge is 1.38. The fourth-order valence-electron chi connectivity index (χ4n) is 0. The Bertz CT molecular complexity index is 49.8. The lowest BCUT2D eigenvalue weighted by molar-refractivity contribution is -0.104. The average molecular weight is 83.1 g/mol. The van der Waals surface area contributed by atoms with Crippen LogP contribution in [0.1, 0.15) is 0 Å². The Kier molecular flexibility index (Phi) is 59.8. The van der Waals surface area contributed by atoms with Crippen molar-refractivity contribution < 1.29 is 4.79 Å². The first kappa shape index (κ1) is 8.86. The van der Waals surface area contributed by atoms with Gasteiger partial charge in [0.1, 0.15) is 6.29 Å². The zero-order valence-corrected chi connectivity index (χ0v) is 3.29. The second kappa shape index (κ2) is 40.5. The van der Waals surface area contributed by atoms with Crippen LogP contribution in [0.5, 0.6) is 0 Å². The maximum atomic E-state index is 9.06. The number of carbonyl (C=O) groups excluding carboxylic acids is 1. The van der Waals surface area contributed by atoms with Gasteiger partial charge in [0.05, 0.1) is 0 Å². The quantitative estimate of drug-likeness (QED) is 0.342. The molecule has 0 spiro atoms. The van der Waals surface area contributed by atoms with E-state index in [1.165, 1.54) is 6.08 Å². The molecule has 6 heavy (non-hydrogen) atoms. The number of allylic oxidation sites excluding steroid dienone is 1. The van der Waals surface area contributed by atoms with E-state index in [2.05, 4.69) is 13.2 Å². The van der Waals surface area contributed by atoms with Gasteiger partial charge in [-0.2, -0.15) is 0 Å². The molecule has 0 aromatic carbocycles. The lowest BCUT2D eigenvalue weighted by Gasteiger charge is -1.37. The Balaban J connectivity index is 0. The smallest absolute Gasteiger partial charge is 0.142 e. The highest BCUT2D eigenvalue weighted by Crippen LogP contribution is 1.35. The van der Waals surface area contributed by atoms with E-state index in [0.717, 1.165) is 0 Å². The highest BCUT2D eigenvalue weighted by atomic mass is 16.1. The van der Waals surface area contributed by atoms with E-state index < -0.39 is 0 Å². The van der Waals surface area contributed by atoms with Gasteiger partial charge in [-0.25, -0.2) is 5.26 Å². The molecule has 0 aliphatic heterocycles. The summed E-state index contributed by atoms with van der Waals surface area (Å²) in [6, 6.07) is 0. The summed E-state index contributed by atoms with van der Waals surface area (Å²) in [6.07, 6.45) is 1.83. The van der Waals surface area contributed by atoms with Crippen LogP contribution < -0.4 is 0 Å². The van der Waals surface area contributed by atoms with Crippen LogP contribution in [0.25, 0.3) is 0 Å². The number of aldehydes is 1. The number of hydrogen-bond acceptors (Lipinski definition) is 2. The molecule has 0 radical (unpaired) electrons. The van der Waals surface area contributed by atoms with E-state index in [-0.39, 0.29) is 0 Å². The van der Waals surface area contributed by atoms with Crippen molar-refractivity contribution in [1.29, 1.82) is 5.26 Å². The van der Waals surface area contributed by atoms with E-state index in [0.29, 0.717) is 6.29 Å². The summed E-state index contributed by atoms with van der Waals surface area (Å²) >= 11 is 0. The van der Waals surface area contributed by atoms with Gasteiger partial charge in [0.15, 0.2) is 0 Å². The average Bonchev–Trinajstić information content (AvgIpc) is 1.72. The summed E-state index contributed by atoms with van der Waals surface area (Å²) in [7, 11) is 0. The summed E-state index contributed by atoms with van der Waals surface area (Å²) < 4.78 is 0. The maximum absolute atomic E-state index is 9.06. The standard InChI is InChI=1S/C3H4O.CHN/c1-2-3-4;1-2/h2-3H,1H2;1H. The van der Waals surface area contributed by atoms with Gasteiger partial charge in [0.2, 0.25) is 0 Å². The summed E-state index contributed by atoms with van der Waals surface area (Å²) in [5, 5.41) is 6.50. The molecule has 0 atom stereocenters. The predicted molar refractivity (Wildman–Crippen MR) is 22.9 cm³/mol. The molecule has 0 amide bonds. The number of nitriles is 1. The van der Waals surface area contributed by atoms with Gasteiger partial charge in [-0.1, -0.05) is 6.58 Å². The minimum absolute atomic E-state index is 0.639. The van der Waals surface area contributed by atoms with E-state index in [4.69, 9.17) is 10.1 Å². The molecule has 0 saturated carbocycles. The second-order valence-corrected chi connectivity index (χ2v) is 0.372. The molecular formula is C4H5NO. The van der Waals surface area contributed by atoms with E-state index in [1.807, 2.05) is 0 Å². The third-order valence-electron chi connectivity index (χ3n) is 0.0962. The highest BCUT2D eigenvalue weighted by molar-refractivity contribution is 5.63. The SMILES string of the molecule is C#N.C=CC=O. The number of hydrogen-bond donors (Lipinski definition) is 0. The topological polar surface area (TPSA) is 40.9 Å². The lowest BCUT2D eigenvalue weighted by Crippen LogP contribution is -1.44. The molecule has 0 aromatic rings. The summed E-state index contributed by atoms with van der Waals surface area (Å²) in [4.78, 5) is 9.06. The molecule has 0 N–H and O–H groups in total.